The van der Waals surface area contributed by atoms with Crippen molar-refractivity contribution in [1.82, 2.24) is 20.2 Å². The van der Waals surface area contributed by atoms with Gasteiger partial charge in [-0.3, -0.25) is 4.79 Å². The van der Waals surface area contributed by atoms with Crippen molar-refractivity contribution in [1.29, 1.82) is 0 Å². The van der Waals surface area contributed by atoms with E-state index in [0.29, 0.717) is 22.9 Å². The van der Waals surface area contributed by atoms with Crippen LogP contribution >= 0.6 is 0 Å². The second kappa shape index (κ2) is 6.53. The third-order valence-corrected chi connectivity index (χ3v) is 3.52. The summed E-state index contributed by atoms with van der Waals surface area (Å²) < 4.78 is 12.3. The highest BCUT2D eigenvalue weighted by molar-refractivity contribution is 6.02. The number of amides is 1. The molecular weight excluding hydrogens is 310 g/mol. The normalized spacial score (nSPS) is 10.6. The molecule has 0 unspecified atom stereocenters. The Kier molecular flexibility index (Phi) is 4.28. The fraction of sp³-hybridized carbons (Fsp3) is 0.250. The zero-order chi connectivity index (χ0) is 17.1. The van der Waals surface area contributed by atoms with Gasteiger partial charge in [0, 0.05) is 12.1 Å². The van der Waals surface area contributed by atoms with Gasteiger partial charge in [-0.25, -0.2) is 0 Å². The van der Waals surface area contributed by atoms with Crippen molar-refractivity contribution in [3.8, 4) is 11.4 Å². The maximum atomic E-state index is 12.3. The summed E-state index contributed by atoms with van der Waals surface area (Å²) in [5.74, 6) is 1.91. The molecule has 2 heterocycles. The van der Waals surface area contributed by atoms with Crippen molar-refractivity contribution >= 4 is 11.6 Å². The lowest BCUT2D eigenvalue weighted by molar-refractivity contribution is 0.0995. The summed E-state index contributed by atoms with van der Waals surface area (Å²) in [4.78, 5) is 12.3. The van der Waals surface area contributed by atoms with Crippen LogP contribution in [-0.4, -0.2) is 33.2 Å². The van der Waals surface area contributed by atoms with Gasteiger partial charge < -0.3 is 14.5 Å². The van der Waals surface area contributed by atoms with Crippen molar-refractivity contribution < 1.29 is 13.9 Å². The number of benzene rings is 1. The summed E-state index contributed by atoms with van der Waals surface area (Å²) in [7, 11) is 1.56. The number of ether oxygens (including phenoxy) is 1. The number of carbonyl (C=O) groups excluding carboxylic acids is 1. The molecule has 8 nitrogen and oxygen atoms in total. The summed E-state index contributed by atoms with van der Waals surface area (Å²) in [5.41, 5.74) is 1.21. The highest BCUT2D eigenvalue weighted by atomic mass is 16.5. The highest BCUT2D eigenvalue weighted by Crippen LogP contribution is 2.26. The molecule has 0 saturated carbocycles. The van der Waals surface area contributed by atoms with Gasteiger partial charge >= 0.3 is 0 Å². The zero-order valence-electron chi connectivity index (χ0n) is 13.6. The van der Waals surface area contributed by atoms with Crippen molar-refractivity contribution in [2.45, 2.75) is 20.3 Å². The van der Waals surface area contributed by atoms with Crippen LogP contribution in [-0.2, 0) is 6.42 Å². The standard InChI is InChI=1S/C16H17N5O3/c1-4-12-6-8-15(24-12)16(22)17-11-5-7-14(23-3)13(9-11)21-10(2)18-19-20-21/h5-9H,4H2,1-3H3,(H,17,22). The van der Waals surface area contributed by atoms with E-state index in [1.807, 2.05) is 6.92 Å². The number of nitrogens with one attached hydrogen (secondary N) is 1. The Balaban J connectivity index is 1.89. The van der Waals surface area contributed by atoms with E-state index >= 15 is 0 Å². The second-order valence-corrected chi connectivity index (χ2v) is 5.10. The third kappa shape index (κ3) is 2.98. The molecule has 2 aromatic heterocycles. The van der Waals surface area contributed by atoms with Crippen LogP contribution in [0, 0.1) is 6.92 Å². The van der Waals surface area contributed by atoms with E-state index in [4.69, 9.17) is 9.15 Å². The molecule has 0 bridgehead atoms. The average molecular weight is 327 g/mol. The van der Waals surface area contributed by atoms with Crippen LogP contribution in [0.15, 0.2) is 34.7 Å². The van der Waals surface area contributed by atoms with Crippen molar-refractivity contribution in [3.05, 3.63) is 47.7 Å². The van der Waals surface area contributed by atoms with Crippen LogP contribution in [0.25, 0.3) is 5.69 Å². The fourth-order valence-electron chi connectivity index (χ4n) is 2.27. The highest BCUT2D eigenvalue weighted by Gasteiger charge is 2.14. The van der Waals surface area contributed by atoms with Crippen LogP contribution in [0.2, 0.25) is 0 Å². The third-order valence-electron chi connectivity index (χ3n) is 3.52. The molecule has 1 N–H and O–H groups in total. The van der Waals surface area contributed by atoms with Gasteiger partial charge in [-0.2, -0.15) is 4.68 Å². The van der Waals surface area contributed by atoms with Crippen LogP contribution in [0.3, 0.4) is 0 Å². The maximum Gasteiger partial charge on any atom is 0.291 e. The quantitative estimate of drug-likeness (QED) is 0.773. The summed E-state index contributed by atoms with van der Waals surface area (Å²) in [5, 5.41) is 14.2. The first-order chi connectivity index (χ1) is 11.6. The Bertz CT molecular complexity index is 868. The van der Waals surface area contributed by atoms with Crippen LogP contribution < -0.4 is 10.1 Å². The lowest BCUT2D eigenvalue weighted by Gasteiger charge is -2.11. The smallest absolute Gasteiger partial charge is 0.291 e. The van der Waals surface area contributed by atoms with Crippen LogP contribution in [0.1, 0.15) is 29.1 Å². The van der Waals surface area contributed by atoms with Crippen LogP contribution in [0.5, 0.6) is 5.75 Å². The largest absolute Gasteiger partial charge is 0.494 e. The number of nitrogens with zero attached hydrogens (tertiary/aromatic N) is 4. The monoisotopic (exact) mass is 327 g/mol. The Morgan fingerprint density at radius 1 is 1.33 bits per heavy atom. The lowest BCUT2D eigenvalue weighted by Crippen LogP contribution is -2.12. The minimum Gasteiger partial charge on any atom is -0.494 e. The molecule has 1 aromatic carbocycles. The molecule has 0 radical (unpaired) electrons. The van der Waals surface area contributed by atoms with Gasteiger partial charge in [0.25, 0.3) is 5.91 Å². The number of aryl methyl sites for hydroxylation is 2. The lowest BCUT2D eigenvalue weighted by atomic mass is 10.2. The van der Waals surface area contributed by atoms with Gasteiger partial charge in [-0.15, -0.1) is 5.10 Å². The Morgan fingerprint density at radius 3 is 2.79 bits per heavy atom. The van der Waals surface area contributed by atoms with Gasteiger partial charge in [0.15, 0.2) is 11.6 Å². The number of carbonyl (C=O) groups is 1. The fourth-order valence-corrected chi connectivity index (χ4v) is 2.27. The predicted octanol–water partition coefficient (Wildman–Crippen LogP) is 2.39. The first kappa shape index (κ1) is 15.7. The van der Waals surface area contributed by atoms with Crippen molar-refractivity contribution in [3.63, 3.8) is 0 Å². The number of hydrogen-bond acceptors (Lipinski definition) is 6. The molecule has 3 rings (SSSR count). The molecule has 0 aliphatic heterocycles. The van der Waals surface area contributed by atoms with Crippen molar-refractivity contribution in [2.24, 2.45) is 0 Å². The molecule has 0 aliphatic rings. The summed E-state index contributed by atoms with van der Waals surface area (Å²) in [6, 6.07) is 8.67. The zero-order valence-corrected chi connectivity index (χ0v) is 13.6. The Labute approximate surface area is 138 Å². The predicted molar refractivity (Wildman–Crippen MR) is 86.5 cm³/mol. The average Bonchev–Trinajstić information content (AvgIpc) is 3.23. The number of rotatable bonds is 5. The molecule has 0 spiro atoms. The van der Waals surface area contributed by atoms with E-state index < -0.39 is 0 Å². The first-order valence-corrected chi connectivity index (χ1v) is 7.45. The molecule has 0 saturated heterocycles. The van der Waals surface area contributed by atoms with E-state index in [0.717, 1.165) is 12.2 Å². The molecule has 0 aliphatic carbocycles. The molecule has 124 valence electrons. The molecular formula is C16H17N5O3. The molecule has 8 heteroatoms. The Hall–Kier alpha value is -3.16. The SMILES string of the molecule is CCc1ccc(C(=O)Nc2ccc(OC)c(-n3nnnc3C)c2)o1. The number of hydrogen-bond donors (Lipinski definition) is 1. The van der Waals surface area contributed by atoms with E-state index in [9.17, 15) is 4.79 Å². The summed E-state index contributed by atoms with van der Waals surface area (Å²) >= 11 is 0. The molecule has 3 aromatic rings. The van der Waals surface area contributed by atoms with E-state index in [1.54, 1.807) is 44.4 Å². The molecule has 0 atom stereocenters. The number of methoxy groups -OCH3 is 1. The molecule has 24 heavy (non-hydrogen) atoms. The van der Waals surface area contributed by atoms with E-state index in [-0.39, 0.29) is 11.7 Å². The minimum atomic E-state index is -0.320. The first-order valence-electron chi connectivity index (χ1n) is 7.45. The van der Waals surface area contributed by atoms with Crippen molar-refractivity contribution in [2.75, 3.05) is 12.4 Å². The molecule has 1 amide bonds. The number of anilines is 1. The molecule has 0 fully saturated rings. The summed E-state index contributed by atoms with van der Waals surface area (Å²) in [6.07, 6.45) is 0.735. The van der Waals surface area contributed by atoms with Gasteiger partial charge in [-0.1, -0.05) is 6.92 Å². The topological polar surface area (TPSA) is 95.1 Å². The Morgan fingerprint density at radius 2 is 2.17 bits per heavy atom. The van der Waals surface area contributed by atoms with Crippen LogP contribution in [0.4, 0.5) is 5.69 Å². The summed E-state index contributed by atoms with van der Waals surface area (Å²) in [6.45, 7) is 3.74. The van der Waals surface area contributed by atoms with E-state index in [1.165, 1.54) is 4.68 Å². The second-order valence-electron chi connectivity index (χ2n) is 5.10. The number of aromatic nitrogens is 4. The number of tetrazole rings is 1. The van der Waals surface area contributed by atoms with Gasteiger partial charge in [0.2, 0.25) is 0 Å². The van der Waals surface area contributed by atoms with E-state index in [2.05, 4.69) is 20.8 Å². The van der Waals surface area contributed by atoms with Gasteiger partial charge in [0.05, 0.1) is 7.11 Å². The minimum absolute atomic E-state index is 0.267. The number of furan rings is 1. The maximum absolute atomic E-state index is 12.3. The van der Waals surface area contributed by atoms with Gasteiger partial charge in [0.1, 0.15) is 17.2 Å². The van der Waals surface area contributed by atoms with Gasteiger partial charge in [-0.05, 0) is 47.7 Å².